The second-order valence-corrected chi connectivity index (χ2v) is 4.30. The fraction of sp³-hybridized carbons (Fsp3) is 0.500. The monoisotopic (exact) mass is 235 g/mol. The molecule has 3 N–H and O–H groups in total. The minimum atomic E-state index is -0.406. The number of aliphatic hydroxyl groups excluding tert-OH is 1. The molecule has 1 aliphatic rings. The molecular formula is C12H17N3O2. The number of piperidine rings is 1. The van der Waals surface area contributed by atoms with Crippen molar-refractivity contribution in [1.29, 1.82) is 0 Å². The lowest BCUT2D eigenvalue weighted by Gasteiger charge is -2.29. The number of amides is 1. The average molecular weight is 235 g/mol. The van der Waals surface area contributed by atoms with Gasteiger partial charge in [-0.3, -0.25) is 9.78 Å². The number of likely N-dealkylation sites (tertiary alicyclic amines) is 1. The van der Waals surface area contributed by atoms with E-state index in [1.807, 2.05) is 0 Å². The smallest absolute Gasteiger partial charge is 0.272 e. The highest BCUT2D eigenvalue weighted by molar-refractivity contribution is 5.92. The summed E-state index contributed by atoms with van der Waals surface area (Å²) >= 11 is 0. The number of aliphatic hydroxyl groups is 1. The van der Waals surface area contributed by atoms with Gasteiger partial charge in [0.15, 0.2) is 0 Å². The molecule has 1 unspecified atom stereocenters. The molecule has 1 atom stereocenters. The lowest BCUT2D eigenvalue weighted by Crippen LogP contribution is -2.42. The highest BCUT2D eigenvalue weighted by Crippen LogP contribution is 2.12. The number of β-amino-alcohol motifs (C(OH)–C–C–N with tert-alkyl or cyclic N) is 1. The summed E-state index contributed by atoms with van der Waals surface area (Å²) in [6.07, 6.45) is 2.82. The third kappa shape index (κ3) is 2.81. The van der Waals surface area contributed by atoms with E-state index in [1.165, 1.54) is 0 Å². The van der Waals surface area contributed by atoms with Crippen LogP contribution < -0.4 is 5.73 Å². The van der Waals surface area contributed by atoms with Gasteiger partial charge in [0, 0.05) is 25.8 Å². The van der Waals surface area contributed by atoms with Gasteiger partial charge in [0.25, 0.3) is 5.91 Å². The fourth-order valence-electron chi connectivity index (χ4n) is 1.97. The number of hydrogen-bond acceptors (Lipinski definition) is 4. The Hall–Kier alpha value is -1.46. The molecule has 17 heavy (non-hydrogen) atoms. The molecule has 1 aromatic heterocycles. The first-order valence-corrected chi connectivity index (χ1v) is 5.83. The number of aromatic nitrogens is 1. The summed E-state index contributed by atoms with van der Waals surface area (Å²) in [5.41, 5.74) is 6.78. The maximum atomic E-state index is 12.1. The quantitative estimate of drug-likeness (QED) is 0.764. The normalized spacial score (nSPS) is 20.4. The van der Waals surface area contributed by atoms with Gasteiger partial charge < -0.3 is 15.7 Å². The number of nitrogens with zero attached hydrogens (tertiary/aromatic N) is 2. The van der Waals surface area contributed by atoms with Crippen LogP contribution in [0.1, 0.15) is 28.9 Å². The van der Waals surface area contributed by atoms with Gasteiger partial charge >= 0.3 is 0 Å². The maximum Gasteiger partial charge on any atom is 0.272 e. The lowest BCUT2D eigenvalue weighted by atomic mass is 10.1. The molecule has 1 aromatic rings. The molecule has 2 heterocycles. The molecule has 0 aromatic carbocycles. The Kier molecular flexibility index (Phi) is 3.71. The molecule has 1 amide bonds. The molecule has 5 heteroatoms. The van der Waals surface area contributed by atoms with Crippen molar-refractivity contribution in [2.75, 3.05) is 13.1 Å². The molecular weight excluding hydrogens is 218 g/mol. The molecule has 5 nitrogen and oxygen atoms in total. The summed E-state index contributed by atoms with van der Waals surface area (Å²) in [4.78, 5) is 17.8. The molecule has 0 saturated carbocycles. The van der Waals surface area contributed by atoms with Crippen molar-refractivity contribution in [3.63, 3.8) is 0 Å². The van der Waals surface area contributed by atoms with Crippen molar-refractivity contribution in [3.05, 3.63) is 29.6 Å². The lowest BCUT2D eigenvalue weighted by molar-refractivity contribution is 0.0469. The van der Waals surface area contributed by atoms with Crippen LogP contribution in [0, 0.1) is 0 Å². The van der Waals surface area contributed by atoms with Gasteiger partial charge in [-0.1, -0.05) is 6.07 Å². The summed E-state index contributed by atoms with van der Waals surface area (Å²) in [6.45, 7) is 1.51. The van der Waals surface area contributed by atoms with Crippen LogP contribution in [0.2, 0.25) is 0 Å². The topological polar surface area (TPSA) is 79.5 Å². The highest BCUT2D eigenvalue weighted by Gasteiger charge is 2.23. The number of pyridine rings is 1. The van der Waals surface area contributed by atoms with Gasteiger partial charge in [0.05, 0.1) is 6.10 Å². The zero-order chi connectivity index (χ0) is 12.3. The van der Waals surface area contributed by atoms with Gasteiger partial charge in [-0.05, 0) is 24.5 Å². The van der Waals surface area contributed by atoms with Crippen LogP contribution >= 0.6 is 0 Å². The van der Waals surface area contributed by atoms with E-state index in [4.69, 9.17) is 5.73 Å². The van der Waals surface area contributed by atoms with E-state index in [0.717, 1.165) is 18.4 Å². The van der Waals surface area contributed by atoms with E-state index in [-0.39, 0.29) is 5.91 Å². The molecule has 92 valence electrons. The standard InChI is InChI=1S/C12H17N3O2/c13-6-9-3-4-11(14-7-9)12(17)15-5-1-2-10(16)8-15/h3-4,7,10,16H,1-2,5-6,8,13H2. The van der Waals surface area contributed by atoms with Gasteiger partial charge in [-0.15, -0.1) is 0 Å². The Morgan fingerprint density at radius 1 is 1.59 bits per heavy atom. The Morgan fingerprint density at radius 3 is 3.00 bits per heavy atom. The first-order chi connectivity index (χ1) is 8.20. The van der Waals surface area contributed by atoms with Gasteiger partial charge in [0.2, 0.25) is 0 Å². The molecule has 1 fully saturated rings. The second-order valence-electron chi connectivity index (χ2n) is 4.30. The molecule has 0 radical (unpaired) electrons. The van der Waals surface area contributed by atoms with Gasteiger partial charge in [0.1, 0.15) is 5.69 Å². The van der Waals surface area contributed by atoms with Crippen molar-refractivity contribution in [2.24, 2.45) is 5.73 Å². The third-order valence-corrected chi connectivity index (χ3v) is 2.96. The van der Waals surface area contributed by atoms with Crippen molar-refractivity contribution in [1.82, 2.24) is 9.88 Å². The van der Waals surface area contributed by atoms with Crippen LogP contribution in [-0.2, 0) is 6.54 Å². The average Bonchev–Trinajstić information content (AvgIpc) is 2.38. The van der Waals surface area contributed by atoms with Crippen LogP contribution in [0.25, 0.3) is 0 Å². The minimum Gasteiger partial charge on any atom is -0.391 e. The van der Waals surface area contributed by atoms with E-state index < -0.39 is 6.10 Å². The summed E-state index contributed by atoms with van der Waals surface area (Å²) in [6, 6.07) is 3.49. The molecule has 0 bridgehead atoms. The zero-order valence-electron chi connectivity index (χ0n) is 9.67. The number of rotatable bonds is 2. The SMILES string of the molecule is NCc1ccc(C(=O)N2CCCC(O)C2)nc1. The number of hydrogen-bond donors (Lipinski definition) is 2. The fourth-order valence-corrected chi connectivity index (χ4v) is 1.97. The molecule has 1 saturated heterocycles. The van der Waals surface area contributed by atoms with Gasteiger partial charge in [-0.2, -0.15) is 0 Å². The van der Waals surface area contributed by atoms with Gasteiger partial charge in [-0.25, -0.2) is 0 Å². The molecule has 2 rings (SSSR count). The maximum absolute atomic E-state index is 12.1. The van der Waals surface area contributed by atoms with Crippen LogP contribution in [-0.4, -0.2) is 40.1 Å². The minimum absolute atomic E-state index is 0.118. The Bertz CT molecular complexity index is 391. The summed E-state index contributed by atoms with van der Waals surface area (Å²) in [5, 5.41) is 9.53. The zero-order valence-corrected chi connectivity index (χ0v) is 9.67. The third-order valence-electron chi connectivity index (χ3n) is 2.96. The van der Waals surface area contributed by atoms with Crippen molar-refractivity contribution in [2.45, 2.75) is 25.5 Å². The second kappa shape index (κ2) is 5.25. The summed E-state index contributed by atoms with van der Waals surface area (Å²) < 4.78 is 0. The number of nitrogens with two attached hydrogens (primary N) is 1. The first kappa shape index (κ1) is 12.0. The summed E-state index contributed by atoms with van der Waals surface area (Å²) in [7, 11) is 0. The van der Waals surface area contributed by atoms with Crippen molar-refractivity contribution in [3.8, 4) is 0 Å². The predicted molar refractivity (Wildman–Crippen MR) is 63.3 cm³/mol. The Balaban J connectivity index is 2.07. The molecule has 0 aliphatic carbocycles. The highest BCUT2D eigenvalue weighted by atomic mass is 16.3. The van der Waals surface area contributed by atoms with Crippen LogP contribution in [0.4, 0.5) is 0 Å². The largest absolute Gasteiger partial charge is 0.391 e. The van der Waals surface area contributed by atoms with Crippen molar-refractivity contribution < 1.29 is 9.90 Å². The van der Waals surface area contributed by atoms with Crippen LogP contribution in [0.3, 0.4) is 0 Å². The van der Waals surface area contributed by atoms with Crippen molar-refractivity contribution >= 4 is 5.91 Å². The van der Waals surface area contributed by atoms with E-state index >= 15 is 0 Å². The van der Waals surface area contributed by atoms with E-state index in [0.29, 0.717) is 25.3 Å². The Labute approximate surface area is 100 Å². The predicted octanol–water partition coefficient (Wildman–Crippen LogP) is 0.137. The number of carbonyl (C=O) groups is 1. The molecule has 0 spiro atoms. The number of carbonyl (C=O) groups excluding carboxylic acids is 1. The summed E-state index contributed by atoms with van der Waals surface area (Å²) in [5.74, 6) is -0.118. The van der Waals surface area contributed by atoms with Crippen LogP contribution in [0.5, 0.6) is 0 Å². The first-order valence-electron chi connectivity index (χ1n) is 5.83. The molecule has 1 aliphatic heterocycles. The Morgan fingerprint density at radius 2 is 2.41 bits per heavy atom. The van der Waals surface area contributed by atoms with E-state index in [2.05, 4.69) is 4.98 Å². The van der Waals surface area contributed by atoms with Crippen LogP contribution in [0.15, 0.2) is 18.3 Å². The van der Waals surface area contributed by atoms with E-state index in [1.54, 1.807) is 23.2 Å². The van der Waals surface area contributed by atoms with E-state index in [9.17, 15) is 9.90 Å².